The molecule has 7 nitrogen and oxygen atoms in total. The first-order valence-corrected chi connectivity index (χ1v) is 10.3. The summed E-state index contributed by atoms with van der Waals surface area (Å²) in [5.41, 5.74) is 2.72. The normalized spacial score (nSPS) is 15.7. The molecule has 0 saturated heterocycles. The van der Waals surface area contributed by atoms with Crippen molar-refractivity contribution < 1.29 is 19.6 Å². The molecule has 1 aliphatic rings. The quantitative estimate of drug-likeness (QED) is 0.294. The summed E-state index contributed by atoms with van der Waals surface area (Å²) in [5.74, 6) is -0.240. The van der Waals surface area contributed by atoms with Gasteiger partial charge in [0.1, 0.15) is 5.75 Å². The maximum absolute atomic E-state index is 12.5. The number of phenolic OH excluding ortho intramolecular Hbond substituents is 1. The van der Waals surface area contributed by atoms with Gasteiger partial charge in [-0.15, -0.1) is 0 Å². The predicted octanol–water partition coefficient (Wildman–Crippen LogP) is 5.55. The molecule has 2 aromatic rings. The number of rotatable bonds is 3. The molecule has 1 N–H and O–H groups in total. The van der Waals surface area contributed by atoms with Crippen molar-refractivity contribution in [3.05, 3.63) is 74.0 Å². The summed E-state index contributed by atoms with van der Waals surface area (Å²) in [6.45, 7) is 13.7. The van der Waals surface area contributed by atoms with Crippen LogP contribution < -0.4 is 0 Å². The largest absolute Gasteiger partial charge is 0.507 e. The second-order valence-electron chi connectivity index (χ2n) is 10.1. The second-order valence-corrected chi connectivity index (χ2v) is 10.1. The highest BCUT2D eigenvalue weighted by molar-refractivity contribution is 6.13. The highest BCUT2D eigenvalue weighted by atomic mass is 16.6. The molecule has 3 rings (SSSR count). The number of nitrogens with zero attached hydrogens (tertiary/aromatic N) is 2. The van der Waals surface area contributed by atoms with Gasteiger partial charge in [-0.25, -0.2) is 9.79 Å². The minimum Gasteiger partial charge on any atom is -0.507 e. The Morgan fingerprint density at radius 1 is 1.03 bits per heavy atom. The first-order chi connectivity index (χ1) is 14.7. The van der Waals surface area contributed by atoms with Crippen LogP contribution in [0.15, 0.2) is 41.0 Å². The monoisotopic (exact) mass is 436 g/mol. The van der Waals surface area contributed by atoms with Crippen molar-refractivity contribution in [2.45, 2.75) is 59.3 Å². The topological polar surface area (TPSA) is 102 Å². The van der Waals surface area contributed by atoms with E-state index in [0.29, 0.717) is 11.1 Å². The summed E-state index contributed by atoms with van der Waals surface area (Å²) in [6.07, 6.45) is 1.64. The molecule has 7 heteroatoms. The van der Waals surface area contributed by atoms with Gasteiger partial charge in [0.15, 0.2) is 5.70 Å². The maximum Gasteiger partial charge on any atom is 0.363 e. The van der Waals surface area contributed by atoms with Gasteiger partial charge in [0, 0.05) is 28.3 Å². The van der Waals surface area contributed by atoms with E-state index in [4.69, 9.17) is 4.74 Å². The highest BCUT2D eigenvalue weighted by Crippen LogP contribution is 2.40. The molecule has 0 aromatic heterocycles. The Morgan fingerprint density at radius 3 is 2.06 bits per heavy atom. The Balaban J connectivity index is 2.08. The number of carbonyl (C=O) groups is 1. The number of cyclic esters (lactones) is 1. The van der Waals surface area contributed by atoms with Gasteiger partial charge in [0.05, 0.1) is 4.92 Å². The smallest absolute Gasteiger partial charge is 0.363 e. The molecule has 0 atom stereocenters. The van der Waals surface area contributed by atoms with Crippen molar-refractivity contribution in [3.8, 4) is 5.75 Å². The number of aliphatic imine (C=N–C) groups is 1. The van der Waals surface area contributed by atoms with Crippen LogP contribution in [0.5, 0.6) is 5.75 Å². The third kappa shape index (κ3) is 4.56. The molecule has 32 heavy (non-hydrogen) atoms. The predicted molar refractivity (Wildman–Crippen MR) is 124 cm³/mol. The lowest BCUT2D eigenvalue weighted by molar-refractivity contribution is -0.385. The highest BCUT2D eigenvalue weighted by Gasteiger charge is 2.28. The number of aryl methyl sites for hydroxylation is 1. The van der Waals surface area contributed by atoms with Gasteiger partial charge in [0.2, 0.25) is 5.90 Å². The van der Waals surface area contributed by atoms with Crippen molar-refractivity contribution in [2.24, 2.45) is 4.99 Å². The van der Waals surface area contributed by atoms with Gasteiger partial charge < -0.3 is 9.84 Å². The third-order valence-corrected chi connectivity index (χ3v) is 5.31. The fourth-order valence-electron chi connectivity index (χ4n) is 3.57. The van der Waals surface area contributed by atoms with Crippen LogP contribution in [0.4, 0.5) is 5.69 Å². The van der Waals surface area contributed by atoms with Crippen LogP contribution in [-0.2, 0) is 20.4 Å². The zero-order valence-electron chi connectivity index (χ0n) is 19.4. The number of carbonyl (C=O) groups excluding carboxylic acids is 1. The van der Waals surface area contributed by atoms with E-state index in [1.165, 1.54) is 12.1 Å². The first kappa shape index (κ1) is 23.2. The Kier molecular flexibility index (Phi) is 5.72. The molecule has 0 amide bonds. The van der Waals surface area contributed by atoms with Gasteiger partial charge in [-0.2, -0.15) is 0 Å². The molecule has 0 radical (unpaired) electrons. The number of nitro groups is 1. The van der Waals surface area contributed by atoms with E-state index in [-0.39, 0.29) is 33.9 Å². The number of hydrogen-bond acceptors (Lipinski definition) is 6. The average Bonchev–Trinajstić information content (AvgIpc) is 3.01. The SMILES string of the molecule is Cc1cc(C2=N/C(=C\c3cc(C(C)(C)C)c(O)c(C(C)(C)C)c3)C(=O)O2)ccc1[N+](=O)[O-]. The number of phenols is 1. The molecule has 168 valence electrons. The summed E-state index contributed by atoms with van der Waals surface area (Å²) < 4.78 is 5.33. The number of aromatic hydroxyl groups is 1. The van der Waals surface area contributed by atoms with Crippen molar-refractivity contribution in [1.82, 2.24) is 0 Å². The summed E-state index contributed by atoms with van der Waals surface area (Å²) in [5, 5.41) is 21.9. The summed E-state index contributed by atoms with van der Waals surface area (Å²) in [7, 11) is 0. The molecule has 0 unspecified atom stereocenters. The number of esters is 1. The fourth-order valence-corrected chi connectivity index (χ4v) is 3.57. The van der Waals surface area contributed by atoms with Gasteiger partial charge in [-0.1, -0.05) is 41.5 Å². The lowest BCUT2D eigenvalue weighted by Crippen LogP contribution is -2.17. The zero-order valence-corrected chi connectivity index (χ0v) is 19.4. The van der Waals surface area contributed by atoms with Gasteiger partial charge in [-0.3, -0.25) is 10.1 Å². The van der Waals surface area contributed by atoms with E-state index < -0.39 is 10.9 Å². The van der Waals surface area contributed by atoms with Crippen molar-refractivity contribution >= 4 is 23.6 Å². The molecular formula is C25H28N2O5. The summed E-state index contributed by atoms with van der Waals surface area (Å²) in [4.78, 5) is 27.4. The van der Waals surface area contributed by atoms with E-state index in [2.05, 4.69) is 4.99 Å². The van der Waals surface area contributed by atoms with Crippen LogP contribution >= 0.6 is 0 Å². The lowest BCUT2D eigenvalue weighted by Gasteiger charge is -2.27. The van der Waals surface area contributed by atoms with E-state index in [9.17, 15) is 20.0 Å². The van der Waals surface area contributed by atoms with Crippen molar-refractivity contribution in [1.29, 1.82) is 0 Å². The van der Waals surface area contributed by atoms with Crippen LogP contribution in [0.25, 0.3) is 6.08 Å². The van der Waals surface area contributed by atoms with Gasteiger partial charge in [-0.05, 0) is 53.7 Å². The molecule has 0 aliphatic carbocycles. The molecular weight excluding hydrogens is 408 g/mol. The maximum atomic E-state index is 12.5. The Hall–Kier alpha value is -3.48. The average molecular weight is 437 g/mol. The van der Waals surface area contributed by atoms with E-state index in [1.807, 2.05) is 53.7 Å². The van der Waals surface area contributed by atoms with Crippen molar-refractivity contribution in [2.75, 3.05) is 0 Å². The van der Waals surface area contributed by atoms with Crippen LogP contribution in [0.1, 0.15) is 69.4 Å². The molecule has 0 fully saturated rings. The fraction of sp³-hybridized carbons (Fsp3) is 0.360. The van der Waals surface area contributed by atoms with E-state index in [0.717, 1.165) is 16.7 Å². The molecule has 1 aliphatic heterocycles. The Morgan fingerprint density at radius 2 is 1.59 bits per heavy atom. The van der Waals surface area contributed by atoms with Crippen LogP contribution in [0.2, 0.25) is 0 Å². The minimum atomic E-state index is -0.598. The molecule has 2 aromatic carbocycles. The number of nitro benzene ring substituents is 1. The molecule has 0 saturated carbocycles. The van der Waals surface area contributed by atoms with Crippen LogP contribution in [0, 0.1) is 17.0 Å². The Bertz CT molecular complexity index is 1140. The van der Waals surface area contributed by atoms with Gasteiger partial charge >= 0.3 is 5.97 Å². The van der Waals surface area contributed by atoms with Crippen LogP contribution in [0.3, 0.4) is 0 Å². The van der Waals surface area contributed by atoms with E-state index in [1.54, 1.807) is 19.1 Å². The minimum absolute atomic E-state index is 0.0112. The summed E-state index contributed by atoms with van der Waals surface area (Å²) >= 11 is 0. The third-order valence-electron chi connectivity index (χ3n) is 5.31. The standard InChI is InChI=1S/C25H28N2O5/c1-14-10-16(8-9-20(14)27(30)31)22-26-19(23(29)32-22)13-15-11-17(24(2,3)4)21(28)18(12-15)25(5,6)7/h8-13,28H,1-7H3/b19-13-. The van der Waals surface area contributed by atoms with Crippen molar-refractivity contribution in [3.63, 3.8) is 0 Å². The van der Waals surface area contributed by atoms with Gasteiger partial charge in [0.25, 0.3) is 5.69 Å². The van der Waals surface area contributed by atoms with Crippen LogP contribution in [-0.4, -0.2) is 21.9 Å². The molecule has 0 bridgehead atoms. The zero-order chi connectivity index (χ0) is 24.0. The number of hydrogen-bond donors (Lipinski definition) is 1. The molecule has 0 spiro atoms. The Labute approximate surface area is 187 Å². The number of benzene rings is 2. The lowest BCUT2D eigenvalue weighted by atomic mass is 9.78. The second kappa shape index (κ2) is 7.89. The summed E-state index contributed by atoms with van der Waals surface area (Å²) in [6, 6.07) is 8.16. The molecule has 1 heterocycles. The first-order valence-electron chi connectivity index (χ1n) is 10.3. The number of ether oxygens (including phenoxy) is 1. The van der Waals surface area contributed by atoms with E-state index >= 15 is 0 Å².